The van der Waals surface area contributed by atoms with E-state index < -0.39 is 18.0 Å². The lowest BCUT2D eigenvalue weighted by atomic mass is 10.2. The number of H-pyrrole nitrogens is 1. The van der Waals surface area contributed by atoms with Crippen molar-refractivity contribution < 1.29 is 14.4 Å². The van der Waals surface area contributed by atoms with E-state index in [1.54, 1.807) is 0 Å². The third-order valence-electron chi connectivity index (χ3n) is 3.50. The fraction of sp³-hybridized carbons (Fsp3) is 0.267. The van der Waals surface area contributed by atoms with Crippen LogP contribution in [-0.2, 0) is 16.0 Å². The van der Waals surface area contributed by atoms with Crippen molar-refractivity contribution in [2.24, 2.45) is 0 Å². The third kappa shape index (κ3) is 3.75. The van der Waals surface area contributed by atoms with Gasteiger partial charge < -0.3 is 10.6 Å². The second-order valence-electron chi connectivity index (χ2n) is 5.29. The van der Waals surface area contributed by atoms with Crippen molar-refractivity contribution in [3.05, 3.63) is 36.2 Å². The van der Waals surface area contributed by atoms with Gasteiger partial charge in [-0.2, -0.15) is 5.10 Å². The lowest BCUT2D eigenvalue weighted by molar-refractivity contribution is -0.126. The Balaban J connectivity index is 1.45. The van der Waals surface area contributed by atoms with Gasteiger partial charge in [0.05, 0.1) is 6.42 Å². The summed E-state index contributed by atoms with van der Waals surface area (Å²) in [5, 5.41) is 14.1. The lowest BCUT2D eigenvalue weighted by Crippen LogP contribution is -2.36. The highest BCUT2D eigenvalue weighted by Crippen LogP contribution is 2.13. The third-order valence-corrected chi connectivity index (χ3v) is 3.50. The second-order valence-corrected chi connectivity index (χ2v) is 5.29. The first-order chi connectivity index (χ1) is 11.6. The summed E-state index contributed by atoms with van der Waals surface area (Å²) in [6.45, 7) is 0.352. The molecule has 1 aliphatic rings. The summed E-state index contributed by atoms with van der Waals surface area (Å²) in [6, 6.07) is 8.17. The first-order valence-corrected chi connectivity index (χ1v) is 7.46. The number of amides is 4. The molecular formula is C15H16N6O3. The number of imide groups is 1. The van der Waals surface area contributed by atoms with Crippen molar-refractivity contribution in [1.29, 1.82) is 0 Å². The summed E-state index contributed by atoms with van der Waals surface area (Å²) in [7, 11) is 0. The number of aromatic nitrogens is 3. The molecule has 1 atom stereocenters. The molecule has 3 rings (SSSR count). The monoisotopic (exact) mass is 328 g/mol. The van der Waals surface area contributed by atoms with Crippen molar-refractivity contribution >= 4 is 17.8 Å². The van der Waals surface area contributed by atoms with E-state index in [0.717, 1.165) is 5.56 Å². The fourth-order valence-corrected chi connectivity index (χ4v) is 2.30. The van der Waals surface area contributed by atoms with Crippen LogP contribution in [0, 0.1) is 0 Å². The number of benzene rings is 1. The molecule has 0 aliphatic carbocycles. The Morgan fingerprint density at radius 2 is 2.00 bits per heavy atom. The lowest BCUT2D eigenvalue weighted by Gasteiger charge is -2.07. The van der Waals surface area contributed by atoms with Crippen molar-refractivity contribution in [1.82, 2.24) is 31.1 Å². The number of hydrogen-bond acceptors (Lipinski definition) is 5. The van der Waals surface area contributed by atoms with Crippen LogP contribution >= 0.6 is 0 Å². The number of rotatable bonds is 6. The minimum Gasteiger partial charge on any atom is -0.356 e. The molecule has 1 aromatic carbocycles. The Labute approximate surface area is 137 Å². The number of hydrogen-bond donors (Lipinski definition) is 4. The molecule has 0 unspecified atom stereocenters. The predicted molar refractivity (Wildman–Crippen MR) is 83.6 cm³/mol. The molecule has 1 aliphatic heterocycles. The van der Waals surface area contributed by atoms with Crippen LogP contribution in [0.25, 0.3) is 11.4 Å². The first kappa shape index (κ1) is 15.7. The summed E-state index contributed by atoms with van der Waals surface area (Å²) in [5.74, 6) is 0.446. The van der Waals surface area contributed by atoms with Gasteiger partial charge in [-0.15, -0.1) is 0 Å². The summed E-state index contributed by atoms with van der Waals surface area (Å²) in [6.07, 6.45) is 0.387. The van der Waals surface area contributed by atoms with E-state index >= 15 is 0 Å². The van der Waals surface area contributed by atoms with Gasteiger partial charge in [0.25, 0.3) is 5.91 Å². The highest BCUT2D eigenvalue weighted by Gasteiger charge is 2.31. The minimum absolute atomic E-state index is 0.0940. The van der Waals surface area contributed by atoms with Gasteiger partial charge in [-0.25, -0.2) is 9.78 Å². The van der Waals surface area contributed by atoms with Gasteiger partial charge in [0.1, 0.15) is 11.9 Å². The Morgan fingerprint density at radius 1 is 1.21 bits per heavy atom. The highest BCUT2D eigenvalue weighted by atomic mass is 16.2. The molecule has 2 heterocycles. The zero-order chi connectivity index (χ0) is 16.9. The van der Waals surface area contributed by atoms with Gasteiger partial charge in [-0.3, -0.25) is 20.0 Å². The average Bonchev–Trinajstić information content (AvgIpc) is 3.15. The van der Waals surface area contributed by atoms with E-state index in [0.29, 0.717) is 24.6 Å². The van der Waals surface area contributed by atoms with Crippen molar-refractivity contribution in [2.45, 2.75) is 18.9 Å². The number of aromatic amines is 1. The molecule has 0 saturated carbocycles. The number of carbonyl (C=O) groups excluding carboxylic acids is 3. The Hall–Kier alpha value is -3.23. The second kappa shape index (κ2) is 6.90. The number of carbonyl (C=O) groups is 3. The maximum atomic E-state index is 11.8. The van der Waals surface area contributed by atoms with Gasteiger partial charge in [-0.1, -0.05) is 30.3 Å². The number of urea groups is 1. The molecule has 24 heavy (non-hydrogen) atoms. The minimum atomic E-state index is -0.813. The van der Waals surface area contributed by atoms with E-state index in [1.165, 1.54) is 0 Å². The van der Waals surface area contributed by atoms with Crippen LogP contribution in [0.4, 0.5) is 4.79 Å². The largest absolute Gasteiger partial charge is 0.356 e. The smallest absolute Gasteiger partial charge is 0.322 e. The van der Waals surface area contributed by atoms with Crippen molar-refractivity contribution in [3.63, 3.8) is 0 Å². The number of nitrogens with zero attached hydrogens (tertiary/aromatic N) is 2. The van der Waals surface area contributed by atoms with E-state index in [1.807, 2.05) is 30.3 Å². The highest BCUT2D eigenvalue weighted by molar-refractivity contribution is 6.05. The zero-order valence-corrected chi connectivity index (χ0v) is 12.7. The zero-order valence-electron chi connectivity index (χ0n) is 12.7. The Morgan fingerprint density at radius 3 is 2.71 bits per heavy atom. The molecule has 9 nitrogen and oxygen atoms in total. The molecule has 4 N–H and O–H groups in total. The molecule has 4 amide bonds. The van der Waals surface area contributed by atoms with Gasteiger partial charge in [-0.05, 0) is 0 Å². The van der Waals surface area contributed by atoms with Crippen LogP contribution in [0.2, 0.25) is 0 Å². The van der Waals surface area contributed by atoms with Gasteiger partial charge in [0.2, 0.25) is 5.91 Å². The molecule has 0 spiro atoms. The fourth-order valence-electron chi connectivity index (χ4n) is 2.30. The van der Waals surface area contributed by atoms with Gasteiger partial charge >= 0.3 is 6.03 Å². The SMILES string of the molecule is O=C(C[C@H]1NC(=O)NC1=O)NCCc1nc(-c2ccccc2)n[nH]1. The van der Waals surface area contributed by atoms with Gasteiger partial charge in [0, 0.05) is 18.5 Å². The van der Waals surface area contributed by atoms with E-state index in [2.05, 4.69) is 31.1 Å². The maximum Gasteiger partial charge on any atom is 0.322 e. The van der Waals surface area contributed by atoms with Crippen LogP contribution in [0.5, 0.6) is 0 Å². The normalized spacial score (nSPS) is 16.6. The van der Waals surface area contributed by atoms with Gasteiger partial charge in [0.15, 0.2) is 5.82 Å². The topological polar surface area (TPSA) is 129 Å². The van der Waals surface area contributed by atoms with E-state index in [-0.39, 0.29) is 12.3 Å². The average molecular weight is 328 g/mol. The molecule has 1 aromatic heterocycles. The van der Waals surface area contributed by atoms with Crippen LogP contribution in [0.1, 0.15) is 12.2 Å². The van der Waals surface area contributed by atoms with Crippen molar-refractivity contribution in [2.75, 3.05) is 6.54 Å². The predicted octanol–water partition coefficient (Wildman–Crippen LogP) is -0.271. The summed E-state index contributed by atoms with van der Waals surface area (Å²) in [4.78, 5) is 38.5. The Bertz CT molecular complexity index is 758. The molecule has 2 aromatic rings. The molecule has 0 radical (unpaired) electrons. The summed E-state index contributed by atoms with van der Waals surface area (Å²) < 4.78 is 0. The number of nitrogens with one attached hydrogen (secondary N) is 4. The quantitative estimate of drug-likeness (QED) is 0.543. The molecular weight excluding hydrogens is 312 g/mol. The standard InChI is InChI=1S/C15H16N6O3/c22-12(8-10-14(23)19-15(24)17-10)16-7-6-11-18-13(21-20-11)9-4-2-1-3-5-9/h1-5,10H,6-8H2,(H,16,22)(H,18,20,21)(H2,17,19,23,24)/t10-/m1/s1. The maximum absolute atomic E-state index is 11.8. The molecule has 1 saturated heterocycles. The van der Waals surface area contributed by atoms with E-state index in [4.69, 9.17) is 0 Å². The molecule has 9 heteroatoms. The Kier molecular flexibility index (Phi) is 4.50. The van der Waals surface area contributed by atoms with Crippen LogP contribution in [0.3, 0.4) is 0 Å². The molecule has 124 valence electrons. The van der Waals surface area contributed by atoms with Crippen molar-refractivity contribution in [3.8, 4) is 11.4 Å². The van der Waals surface area contributed by atoms with E-state index in [9.17, 15) is 14.4 Å². The van der Waals surface area contributed by atoms with Crippen LogP contribution < -0.4 is 16.0 Å². The molecule has 1 fully saturated rings. The molecule has 0 bridgehead atoms. The summed E-state index contributed by atoms with van der Waals surface area (Å²) in [5.41, 5.74) is 0.909. The van der Waals surface area contributed by atoms with Crippen LogP contribution in [-0.4, -0.2) is 45.6 Å². The summed E-state index contributed by atoms with van der Waals surface area (Å²) >= 11 is 0. The first-order valence-electron chi connectivity index (χ1n) is 7.46. The van der Waals surface area contributed by atoms with Crippen LogP contribution in [0.15, 0.2) is 30.3 Å².